The van der Waals surface area contributed by atoms with Gasteiger partial charge >= 0.3 is 0 Å². The van der Waals surface area contributed by atoms with Crippen LogP contribution >= 0.6 is 0 Å². The highest BCUT2D eigenvalue weighted by Gasteiger charge is 2.21. The van der Waals surface area contributed by atoms with Gasteiger partial charge in [-0.15, -0.1) is 0 Å². The molecule has 0 aliphatic rings. The van der Waals surface area contributed by atoms with Crippen molar-refractivity contribution in [3.05, 3.63) is 35.9 Å². The van der Waals surface area contributed by atoms with Crippen molar-refractivity contribution in [2.45, 2.75) is 39.8 Å². The molecule has 0 fully saturated rings. The highest BCUT2D eigenvalue weighted by molar-refractivity contribution is 5.19. The predicted octanol–water partition coefficient (Wildman–Crippen LogP) is 2.99. The van der Waals surface area contributed by atoms with Crippen LogP contribution < -0.4 is 5.32 Å². The fraction of sp³-hybridized carbons (Fsp3) is 0.600. The van der Waals surface area contributed by atoms with Crippen LogP contribution in [-0.2, 0) is 0 Å². The van der Waals surface area contributed by atoms with Crippen molar-refractivity contribution in [3.8, 4) is 0 Å². The molecule has 2 nitrogen and oxygen atoms in total. The van der Waals surface area contributed by atoms with Crippen LogP contribution in [0, 0.1) is 11.8 Å². The van der Waals surface area contributed by atoms with Crippen molar-refractivity contribution in [3.63, 3.8) is 0 Å². The number of hydrogen-bond acceptors (Lipinski definition) is 2. The van der Waals surface area contributed by atoms with E-state index in [4.69, 9.17) is 0 Å². The lowest BCUT2D eigenvalue weighted by atomic mass is 9.93. The Morgan fingerprint density at radius 3 is 2.00 bits per heavy atom. The highest BCUT2D eigenvalue weighted by Crippen LogP contribution is 2.23. The minimum atomic E-state index is 0.155. The van der Waals surface area contributed by atoms with Crippen LogP contribution in [0.25, 0.3) is 0 Å². The fourth-order valence-electron chi connectivity index (χ4n) is 2.02. The van der Waals surface area contributed by atoms with E-state index < -0.39 is 0 Å². The van der Waals surface area contributed by atoms with Gasteiger partial charge in [0.15, 0.2) is 0 Å². The van der Waals surface area contributed by atoms with E-state index in [1.165, 1.54) is 5.56 Å². The molecular weight excluding hydrogens is 210 g/mol. The first kappa shape index (κ1) is 14.2. The van der Waals surface area contributed by atoms with Crippen molar-refractivity contribution in [1.82, 2.24) is 5.32 Å². The molecule has 0 spiro atoms. The van der Waals surface area contributed by atoms with Crippen LogP contribution in [0.15, 0.2) is 30.3 Å². The molecule has 1 rings (SSSR count). The second-order valence-corrected chi connectivity index (χ2v) is 5.33. The normalized spacial score (nSPS) is 15.2. The summed E-state index contributed by atoms with van der Waals surface area (Å²) in [5, 5.41) is 13.0. The third-order valence-corrected chi connectivity index (χ3v) is 3.22. The maximum absolute atomic E-state index is 9.41. The highest BCUT2D eigenvalue weighted by atomic mass is 16.3. The molecule has 2 N–H and O–H groups in total. The summed E-state index contributed by atoms with van der Waals surface area (Å²) in [6.45, 7) is 8.87. The molecule has 0 saturated carbocycles. The Morgan fingerprint density at radius 2 is 1.59 bits per heavy atom. The van der Waals surface area contributed by atoms with Crippen LogP contribution in [0.1, 0.15) is 39.3 Å². The third kappa shape index (κ3) is 4.14. The molecule has 2 atom stereocenters. The maximum Gasteiger partial charge on any atom is 0.0587 e. The van der Waals surface area contributed by atoms with Crippen molar-refractivity contribution < 1.29 is 5.11 Å². The van der Waals surface area contributed by atoms with E-state index in [1.54, 1.807) is 0 Å². The summed E-state index contributed by atoms with van der Waals surface area (Å²) in [6, 6.07) is 10.9. The second kappa shape index (κ2) is 6.77. The van der Waals surface area contributed by atoms with E-state index >= 15 is 0 Å². The summed E-state index contributed by atoms with van der Waals surface area (Å²) in [6.07, 6.45) is 0. The zero-order chi connectivity index (χ0) is 12.8. The number of aliphatic hydroxyl groups excluding tert-OH is 1. The molecule has 2 heteroatoms. The minimum Gasteiger partial charge on any atom is -0.395 e. The average molecular weight is 235 g/mol. The molecule has 0 amide bonds. The molecule has 1 unspecified atom stereocenters. The number of aliphatic hydroxyl groups is 1. The first-order valence-corrected chi connectivity index (χ1v) is 6.48. The van der Waals surface area contributed by atoms with Gasteiger partial charge in [0, 0.05) is 12.1 Å². The van der Waals surface area contributed by atoms with Crippen molar-refractivity contribution in [2.75, 3.05) is 6.61 Å². The van der Waals surface area contributed by atoms with Gasteiger partial charge in [0.1, 0.15) is 0 Å². The van der Waals surface area contributed by atoms with Gasteiger partial charge in [0.25, 0.3) is 0 Å². The van der Waals surface area contributed by atoms with Crippen molar-refractivity contribution in [2.24, 2.45) is 11.8 Å². The first-order valence-electron chi connectivity index (χ1n) is 6.48. The van der Waals surface area contributed by atoms with Gasteiger partial charge in [0.05, 0.1) is 6.61 Å². The molecule has 0 aliphatic carbocycles. The van der Waals surface area contributed by atoms with Crippen LogP contribution in [0.3, 0.4) is 0 Å². The van der Waals surface area contributed by atoms with Gasteiger partial charge in [-0.3, -0.25) is 0 Å². The maximum atomic E-state index is 9.41. The Bertz CT molecular complexity index is 308. The summed E-state index contributed by atoms with van der Waals surface area (Å²) >= 11 is 0. The van der Waals surface area contributed by atoms with Crippen molar-refractivity contribution in [1.29, 1.82) is 0 Å². The Labute approximate surface area is 105 Å². The molecule has 96 valence electrons. The quantitative estimate of drug-likeness (QED) is 0.794. The summed E-state index contributed by atoms with van der Waals surface area (Å²) in [5.41, 5.74) is 1.29. The second-order valence-electron chi connectivity index (χ2n) is 5.33. The molecule has 0 heterocycles. The number of benzene rings is 1. The van der Waals surface area contributed by atoms with E-state index in [2.05, 4.69) is 57.3 Å². The third-order valence-electron chi connectivity index (χ3n) is 3.22. The van der Waals surface area contributed by atoms with E-state index in [1.807, 2.05) is 6.07 Å². The Morgan fingerprint density at radius 1 is 1.00 bits per heavy atom. The predicted molar refractivity (Wildman–Crippen MR) is 72.9 cm³/mol. The molecule has 0 aliphatic heterocycles. The van der Waals surface area contributed by atoms with Crippen LogP contribution in [0.4, 0.5) is 0 Å². The summed E-state index contributed by atoms with van der Waals surface area (Å²) in [7, 11) is 0. The fourth-order valence-corrected chi connectivity index (χ4v) is 2.02. The van der Waals surface area contributed by atoms with Crippen molar-refractivity contribution >= 4 is 0 Å². The Balaban J connectivity index is 2.80. The zero-order valence-corrected chi connectivity index (χ0v) is 11.4. The van der Waals surface area contributed by atoms with Gasteiger partial charge in [0.2, 0.25) is 0 Å². The van der Waals surface area contributed by atoms with E-state index in [-0.39, 0.29) is 12.6 Å². The lowest BCUT2D eigenvalue weighted by Gasteiger charge is -2.30. The lowest BCUT2D eigenvalue weighted by Crippen LogP contribution is -2.41. The molecule has 0 saturated heterocycles. The Kier molecular flexibility index (Phi) is 5.66. The largest absolute Gasteiger partial charge is 0.395 e. The zero-order valence-electron chi connectivity index (χ0n) is 11.4. The van der Waals surface area contributed by atoms with Crippen LogP contribution in [-0.4, -0.2) is 17.8 Å². The van der Waals surface area contributed by atoms with E-state index in [9.17, 15) is 5.11 Å². The first-order chi connectivity index (χ1) is 8.06. The average Bonchev–Trinajstić information content (AvgIpc) is 2.30. The molecule has 0 aromatic heterocycles. The summed E-state index contributed by atoms with van der Waals surface area (Å²) in [5.74, 6) is 0.940. The molecule has 0 bridgehead atoms. The van der Waals surface area contributed by atoms with Crippen LogP contribution in [0.2, 0.25) is 0 Å². The number of hydrogen-bond donors (Lipinski definition) is 2. The topological polar surface area (TPSA) is 32.3 Å². The van der Waals surface area contributed by atoms with Gasteiger partial charge in [-0.05, 0) is 17.4 Å². The lowest BCUT2D eigenvalue weighted by molar-refractivity contribution is 0.188. The minimum absolute atomic E-state index is 0.155. The van der Waals surface area contributed by atoms with E-state index in [0.29, 0.717) is 17.9 Å². The van der Waals surface area contributed by atoms with Gasteiger partial charge in [-0.1, -0.05) is 58.0 Å². The summed E-state index contributed by atoms with van der Waals surface area (Å²) in [4.78, 5) is 0. The molecule has 17 heavy (non-hydrogen) atoms. The standard InChI is InChI=1S/C15H25NO/c1-11(2)14(10-17)16-15(12(3)4)13-8-6-5-7-9-13/h5-9,11-12,14-17H,10H2,1-4H3/t14-,15?/m1/s1. The summed E-state index contributed by atoms with van der Waals surface area (Å²) < 4.78 is 0. The Hall–Kier alpha value is -0.860. The van der Waals surface area contributed by atoms with E-state index in [0.717, 1.165) is 0 Å². The molecular formula is C15H25NO. The molecule has 0 radical (unpaired) electrons. The molecule has 1 aromatic carbocycles. The molecule has 1 aromatic rings. The van der Waals surface area contributed by atoms with Gasteiger partial charge in [-0.25, -0.2) is 0 Å². The van der Waals surface area contributed by atoms with Gasteiger partial charge in [-0.2, -0.15) is 0 Å². The van der Waals surface area contributed by atoms with Crippen LogP contribution in [0.5, 0.6) is 0 Å². The monoisotopic (exact) mass is 235 g/mol. The number of nitrogens with one attached hydrogen (secondary N) is 1. The number of rotatable bonds is 6. The smallest absolute Gasteiger partial charge is 0.0587 e. The van der Waals surface area contributed by atoms with Gasteiger partial charge < -0.3 is 10.4 Å². The SMILES string of the molecule is CC(C)C(N[C@H](CO)C(C)C)c1ccccc1.